The second-order valence-corrected chi connectivity index (χ2v) is 11.4. The lowest BCUT2D eigenvalue weighted by Crippen LogP contribution is -1.97. The molecule has 0 saturated heterocycles. The van der Waals surface area contributed by atoms with Gasteiger partial charge in [-0.25, -0.2) is 19.2 Å². The Morgan fingerprint density at radius 1 is 0.300 bits per heavy atom. The van der Waals surface area contributed by atoms with Crippen LogP contribution in [0.5, 0.6) is 11.5 Å². The molecule has 0 aliphatic heterocycles. The van der Waals surface area contributed by atoms with E-state index in [-0.39, 0.29) is 44.9 Å². The van der Waals surface area contributed by atoms with Crippen LogP contribution in [0, 0.1) is 0 Å². The van der Waals surface area contributed by atoms with Crippen LogP contribution in [0.25, 0.3) is 55.6 Å². The Balaban J connectivity index is 1.63. The molecule has 0 aliphatic rings. The van der Waals surface area contributed by atoms with Gasteiger partial charge < -0.3 is 30.6 Å². The summed E-state index contributed by atoms with van der Waals surface area (Å²) in [7, 11) is 0. The summed E-state index contributed by atoms with van der Waals surface area (Å²) in [6, 6.07) is 30.5. The van der Waals surface area contributed by atoms with E-state index in [1.807, 2.05) is 0 Å². The number of phenolic OH excluding ortho intramolecular Hbond substituents is 2. The highest BCUT2D eigenvalue weighted by atomic mass is 16.4. The lowest BCUT2D eigenvalue weighted by molar-refractivity contribution is 0.0686. The van der Waals surface area contributed by atoms with Gasteiger partial charge in [-0.2, -0.15) is 0 Å². The molecule has 0 saturated carbocycles. The molecule has 6 aromatic carbocycles. The predicted molar refractivity (Wildman–Crippen MR) is 185 cm³/mol. The largest absolute Gasteiger partial charge is 0.507 e. The van der Waals surface area contributed by atoms with E-state index in [9.17, 15) is 49.8 Å². The average Bonchev–Trinajstić information content (AvgIpc) is 3.12. The maximum Gasteiger partial charge on any atom is 0.335 e. The van der Waals surface area contributed by atoms with Crippen LogP contribution < -0.4 is 0 Å². The van der Waals surface area contributed by atoms with Gasteiger partial charge >= 0.3 is 23.9 Å². The van der Waals surface area contributed by atoms with Gasteiger partial charge in [0.05, 0.1) is 22.3 Å². The minimum atomic E-state index is -1.13. The number of carboxylic acid groups (broad SMARTS) is 4. The molecular formula is C40H26O10. The molecular weight excluding hydrogens is 640 g/mol. The highest BCUT2D eigenvalue weighted by molar-refractivity contribution is 5.96. The Bertz CT molecular complexity index is 2140. The molecule has 50 heavy (non-hydrogen) atoms. The van der Waals surface area contributed by atoms with Crippen molar-refractivity contribution < 1.29 is 49.8 Å². The fourth-order valence-electron chi connectivity index (χ4n) is 5.65. The van der Waals surface area contributed by atoms with Crippen LogP contribution in [0.2, 0.25) is 0 Å². The topological polar surface area (TPSA) is 190 Å². The van der Waals surface area contributed by atoms with Crippen LogP contribution in [0.4, 0.5) is 0 Å². The molecule has 0 aliphatic carbocycles. The van der Waals surface area contributed by atoms with Crippen molar-refractivity contribution >= 4 is 23.9 Å². The maximum atomic E-state index is 11.9. The molecule has 10 heteroatoms. The third-order valence-electron chi connectivity index (χ3n) is 8.33. The van der Waals surface area contributed by atoms with Gasteiger partial charge in [-0.3, -0.25) is 0 Å². The monoisotopic (exact) mass is 666 g/mol. The van der Waals surface area contributed by atoms with Gasteiger partial charge in [0, 0.05) is 22.3 Å². The molecule has 0 radical (unpaired) electrons. The van der Waals surface area contributed by atoms with Gasteiger partial charge in [0.2, 0.25) is 0 Å². The van der Waals surface area contributed by atoms with Crippen LogP contribution >= 0.6 is 0 Å². The molecule has 6 N–H and O–H groups in total. The van der Waals surface area contributed by atoms with Gasteiger partial charge in [-0.05, 0) is 106 Å². The Morgan fingerprint density at radius 2 is 0.520 bits per heavy atom. The normalized spacial score (nSPS) is 10.8. The summed E-state index contributed by atoms with van der Waals surface area (Å²) in [4.78, 5) is 46.1. The number of benzene rings is 6. The van der Waals surface area contributed by atoms with E-state index in [2.05, 4.69) is 0 Å². The number of rotatable bonds is 9. The van der Waals surface area contributed by atoms with Crippen molar-refractivity contribution in [2.75, 3.05) is 0 Å². The number of phenols is 2. The van der Waals surface area contributed by atoms with Gasteiger partial charge in [-0.15, -0.1) is 0 Å². The van der Waals surface area contributed by atoms with Gasteiger partial charge in [0.1, 0.15) is 11.5 Å². The number of carboxylic acids is 4. The van der Waals surface area contributed by atoms with Gasteiger partial charge in [-0.1, -0.05) is 48.5 Å². The van der Waals surface area contributed by atoms with Crippen LogP contribution in [-0.2, 0) is 0 Å². The summed E-state index contributed by atoms with van der Waals surface area (Å²) in [5.41, 5.74) is 4.30. The smallest absolute Gasteiger partial charge is 0.335 e. The van der Waals surface area contributed by atoms with Crippen molar-refractivity contribution in [1.82, 2.24) is 0 Å². The zero-order valence-corrected chi connectivity index (χ0v) is 25.9. The Kier molecular flexibility index (Phi) is 8.59. The molecule has 10 nitrogen and oxygen atoms in total. The Hall–Kier alpha value is -7.20. The van der Waals surface area contributed by atoms with Crippen LogP contribution in [0.3, 0.4) is 0 Å². The molecule has 6 rings (SSSR count). The molecule has 0 unspecified atom stereocenters. The SMILES string of the molecule is O=C(O)c1ccc(-c2cc(-c3ccc(C(=O)O)cc3)c(O)c(-c3cc(-c4ccc(C(=O)O)cc4)cc(-c4ccc(C(=O)O)cc4)c3O)c2)cc1. The van der Waals surface area contributed by atoms with Crippen molar-refractivity contribution in [2.24, 2.45) is 0 Å². The first-order chi connectivity index (χ1) is 23.9. The van der Waals surface area contributed by atoms with Crippen molar-refractivity contribution in [3.8, 4) is 67.1 Å². The van der Waals surface area contributed by atoms with E-state index in [4.69, 9.17) is 0 Å². The molecule has 0 fully saturated rings. The fraction of sp³-hybridized carbons (Fsp3) is 0. The molecule has 0 aromatic heterocycles. The lowest BCUT2D eigenvalue weighted by Gasteiger charge is -2.18. The molecule has 6 aromatic rings. The number of aromatic hydroxyl groups is 2. The third kappa shape index (κ3) is 6.36. The molecule has 246 valence electrons. The van der Waals surface area contributed by atoms with Crippen molar-refractivity contribution in [3.05, 3.63) is 144 Å². The van der Waals surface area contributed by atoms with Crippen molar-refractivity contribution in [1.29, 1.82) is 0 Å². The zero-order chi connectivity index (χ0) is 35.7. The average molecular weight is 667 g/mol. The zero-order valence-electron chi connectivity index (χ0n) is 25.9. The van der Waals surface area contributed by atoms with Crippen molar-refractivity contribution in [2.45, 2.75) is 0 Å². The van der Waals surface area contributed by atoms with Crippen LogP contribution in [-0.4, -0.2) is 54.5 Å². The summed E-state index contributed by atoms with van der Waals surface area (Å²) in [5.74, 6) is -4.97. The number of hydrogen-bond acceptors (Lipinski definition) is 6. The lowest BCUT2D eigenvalue weighted by atomic mass is 9.87. The number of carbonyl (C=O) groups is 4. The first-order valence-corrected chi connectivity index (χ1v) is 15.0. The van der Waals surface area contributed by atoms with E-state index < -0.39 is 23.9 Å². The number of aromatic carboxylic acids is 4. The minimum Gasteiger partial charge on any atom is -0.507 e. The van der Waals surface area contributed by atoms with E-state index in [0.29, 0.717) is 44.5 Å². The number of hydrogen-bond donors (Lipinski definition) is 6. The van der Waals surface area contributed by atoms with Crippen LogP contribution in [0.15, 0.2) is 121 Å². The van der Waals surface area contributed by atoms with Gasteiger partial charge in [0.15, 0.2) is 0 Å². The van der Waals surface area contributed by atoms with E-state index >= 15 is 0 Å². The van der Waals surface area contributed by atoms with Gasteiger partial charge in [0.25, 0.3) is 0 Å². The van der Waals surface area contributed by atoms with E-state index in [0.717, 1.165) is 0 Å². The van der Waals surface area contributed by atoms with Crippen LogP contribution in [0.1, 0.15) is 41.4 Å². The van der Waals surface area contributed by atoms with E-state index in [1.165, 1.54) is 72.8 Å². The first-order valence-electron chi connectivity index (χ1n) is 15.0. The minimum absolute atomic E-state index is 0.0340. The standard InChI is InChI=1S/C40H26O10/c41-35-31(23-5-13-27(14-6-23)39(47)48)17-29(21-1-9-25(10-2-21)37(43)44)19-33(35)34-20-30(22-3-11-26(12-4-22)38(45)46)18-32(36(34)42)24-7-15-28(16-8-24)40(49)50/h1-20,41-42H,(H,43,44)(H,45,46)(H,47,48)(H,49,50). The maximum absolute atomic E-state index is 11.9. The summed E-state index contributed by atoms with van der Waals surface area (Å²) in [5, 5.41) is 61.4. The van der Waals surface area contributed by atoms with E-state index in [1.54, 1.807) is 48.5 Å². The molecule has 0 spiro atoms. The summed E-state index contributed by atoms with van der Waals surface area (Å²) in [6.45, 7) is 0. The third-order valence-corrected chi connectivity index (χ3v) is 8.33. The Morgan fingerprint density at radius 3 is 0.760 bits per heavy atom. The predicted octanol–water partition coefficient (Wildman–Crippen LogP) is 8.23. The molecule has 0 bridgehead atoms. The Labute approximate surface area is 284 Å². The van der Waals surface area contributed by atoms with Crippen molar-refractivity contribution in [3.63, 3.8) is 0 Å². The summed E-state index contributed by atoms with van der Waals surface area (Å²) >= 11 is 0. The molecule has 0 heterocycles. The second-order valence-electron chi connectivity index (χ2n) is 11.4. The quantitative estimate of drug-likeness (QED) is 0.0876. The highest BCUT2D eigenvalue weighted by Gasteiger charge is 2.22. The molecule has 0 amide bonds. The summed E-state index contributed by atoms with van der Waals surface area (Å²) < 4.78 is 0. The molecule has 0 atom stereocenters. The fourth-order valence-corrected chi connectivity index (χ4v) is 5.65. The second kappa shape index (κ2) is 13.1. The highest BCUT2D eigenvalue weighted by Crippen LogP contribution is 2.48. The first kappa shape index (κ1) is 32.7. The summed E-state index contributed by atoms with van der Waals surface area (Å²) in [6.07, 6.45) is 0.